The van der Waals surface area contributed by atoms with E-state index in [0.29, 0.717) is 18.7 Å². The summed E-state index contributed by atoms with van der Waals surface area (Å²) in [5, 5.41) is 8.29. The molecular formula is C19H27N5OS. The molecule has 0 unspecified atom stereocenters. The zero-order chi connectivity index (χ0) is 17.1. The number of amides is 1. The van der Waals surface area contributed by atoms with Gasteiger partial charge in [0.1, 0.15) is 0 Å². The predicted octanol–water partition coefficient (Wildman–Crippen LogP) is 2.70. The molecule has 0 aliphatic carbocycles. The van der Waals surface area contributed by atoms with Crippen molar-refractivity contribution in [1.82, 2.24) is 9.78 Å². The fourth-order valence-electron chi connectivity index (χ4n) is 2.61. The van der Waals surface area contributed by atoms with Gasteiger partial charge in [0, 0.05) is 11.1 Å². The van der Waals surface area contributed by atoms with Gasteiger partial charge in [0.15, 0.2) is 0 Å². The topological polar surface area (TPSA) is 99.0 Å². The van der Waals surface area contributed by atoms with Crippen LogP contribution < -0.4 is 16.8 Å². The highest BCUT2D eigenvalue weighted by molar-refractivity contribution is 7.59. The van der Waals surface area contributed by atoms with E-state index in [1.807, 2.05) is 54.2 Å². The second kappa shape index (κ2) is 9.38. The van der Waals surface area contributed by atoms with Crippen LogP contribution in [-0.2, 0) is 4.79 Å². The van der Waals surface area contributed by atoms with Crippen molar-refractivity contribution in [2.75, 3.05) is 11.9 Å². The standard InChI is InChI=1S/C18H21N5O.CH4.H2S/c1-12-3-2-4-15(9-12)23-17-10-14(6-5-13(17)11-21-23)22-18(24)16(20)7-8-19;;/h2-6,9-11,16H,7-8,19-20H2,1H3,(H,22,24);1H4;1H2/t16-;;/m0../s1. The number of hydrogen-bond donors (Lipinski definition) is 3. The van der Waals surface area contributed by atoms with Crippen LogP contribution >= 0.6 is 13.5 Å². The SMILES string of the molecule is C.Cc1cccc(-n2ncc3ccc(NC(=O)[C@@H](N)CCN)cc32)c1.S. The number of rotatable bonds is 5. The molecule has 6 nitrogen and oxygen atoms in total. The van der Waals surface area contributed by atoms with Crippen LogP contribution in [0.4, 0.5) is 5.69 Å². The maximum Gasteiger partial charge on any atom is 0.241 e. The molecule has 3 aromatic rings. The second-order valence-electron chi connectivity index (χ2n) is 5.84. The average molecular weight is 374 g/mol. The summed E-state index contributed by atoms with van der Waals surface area (Å²) < 4.78 is 1.86. The molecule has 0 saturated heterocycles. The quantitative estimate of drug-likeness (QED) is 0.640. The minimum Gasteiger partial charge on any atom is -0.330 e. The summed E-state index contributed by atoms with van der Waals surface area (Å²) in [7, 11) is 0. The molecule has 1 atom stereocenters. The maximum absolute atomic E-state index is 12.1. The van der Waals surface area contributed by atoms with Crippen LogP contribution in [0, 0.1) is 6.92 Å². The Hall–Kier alpha value is -2.35. The number of nitrogens with zero attached hydrogens (tertiary/aromatic N) is 2. The van der Waals surface area contributed by atoms with Gasteiger partial charge < -0.3 is 16.8 Å². The molecule has 0 spiro atoms. The summed E-state index contributed by atoms with van der Waals surface area (Å²) in [5.74, 6) is -0.235. The van der Waals surface area contributed by atoms with Gasteiger partial charge in [0.25, 0.3) is 0 Å². The van der Waals surface area contributed by atoms with Gasteiger partial charge in [-0.05, 0) is 55.8 Å². The van der Waals surface area contributed by atoms with Gasteiger partial charge in [-0.15, -0.1) is 0 Å². The van der Waals surface area contributed by atoms with Gasteiger partial charge in [-0.25, -0.2) is 4.68 Å². The average Bonchev–Trinajstić information content (AvgIpc) is 2.98. The zero-order valence-corrected chi connectivity index (χ0v) is 15.1. The molecule has 0 bridgehead atoms. The monoisotopic (exact) mass is 373 g/mol. The summed E-state index contributed by atoms with van der Waals surface area (Å²) in [6.45, 7) is 2.42. The van der Waals surface area contributed by atoms with Crippen LogP contribution in [0.1, 0.15) is 19.4 Å². The highest BCUT2D eigenvalue weighted by Crippen LogP contribution is 2.22. The normalized spacial score (nSPS) is 11.3. The minimum atomic E-state index is -0.604. The van der Waals surface area contributed by atoms with Crippen molar-refractivity contribution in [2.45, 2.75) is 26.8 Å². The van der Waals surface area contributed by atoms with Crippen LogP contribution in [0.5, 0.6) is 0 Å². The zero-order valence-electron chi connectivity index (χ0n) is 14.1. The van der Waals surface area contributed by atoms with E-state index in [1.54, 1.807) is 0 Å². The fraction of sp³-hybridized carbons (Fsp3) is 0.263. The van der Waals surface area contributed by atoms with E-state index >= 15 is 0 Å². The summed E-state index contributed by atoms with van der Waals surface area (Å²) in [6, 6.07) is 13.2. The molecule has 0 aliphatic rings. The van der Waals surface area contributed by atoms with E-state index < -0.39 is 6.04 Å². The number of benzene rings is 2. The summed E-state index contributed by atoms with van der Waals surface area (Å²) in [6.07, 6.45) is 2.26. The summed E-state index contributed by atoms with van der Waals surface area (Å²) in [4.78, 5) is 12.1. The lowest BCUT2D eigenvalue weighted by Gasteiger charge is -2.11. The van der Waals surface area contributed by atoms with Gasteiger partial charge in [0.2, 0.25) is 5.91 Å². The molecule has 140 valence electrons. The number of fused-ring (bicyclic) bond motifs is 1. The molecule has 0 aliphatic heterocycles. The lowest BCUT2D eigenvalue weighted by Crippen LogP contribution is -2.37. The number of aromatic nitrogens is 2. The Labute approximate surface area is 161 Å². The minimum absolute atomic E-state index is 0. The van der Waals surface area contributed by atoms with Crippen molar-refractivity contribution in [1.29, 1.82) is 0 Å². The van der Waals surface area contributed by atoms with Crippen LogP contribution in [-0.4, -0.2) is 28.3 Å². The summed E-state index contributed by atoms with van der Waals surface area (Å²) in [5.41, 5.74) is 15.0. The van der Waals surface area contributed by atoms with Gasteiger partial charge in [-0.3, -0.25) is 4.79 Å². The first-order valence-electron chi connectivity index (χ1n) is 7.90. The van der Waals surface area contributed by atoms with Gasteiger partial charge >= 0.3 is 0 Å². The van der Waals surface area contributed by atoms with Crippen molar-refractivity contribution in [3.05, 3.63) is 54.2 Å². The Morgan fingerprint density at radius 3 is 2.73 bits per heavy atom. The lowest BCUT2D eigenvalue weighted by atomic mass is 10.2. The summed E-state index contributed by atoms with van der Waals surface area (Å²) >= 11 is 0. The van der Waals surface area contributed by atoms with E-state index in [4.69, 9.17) is 11.5 Å². The Balaban J connectivity index is 0.00000169. The molecule has 3 rings (SSSR count). The van der Waals surface area contributed by atoms with Crippen LogP contribution in [0.15, 0.2) is 48.7 Å². The molecule has 0 fully saturated rings. The number of anilines is 1. The van der Waals surface area contributed by atoms with Crippen LogP contribution in [0.3, 0.4) is 0 Å². The van der Waals surface area contributed by atoms with E-state index in [9.17, 15) is 4.79 Å². The molecule has 5 N–H and O–H groups in total. The molecule has 0 saturated carbocycles. The highest BCUT2D eigenvalue weighted by atomic mass is 32.1. The third-order valence-electron chi connectivity index (χ3n) is 3.90. The third-order valence-corrected chi connectivity index (χ3v) is 3.90. The Morgan fingerprint density at radius 2 is 2.04 bits per heavy atom. The largest absolute Gasteiger partial charge is 0.330 e. The fourth-order valence-corrected chi connectivity index (χ4v) is 2.61. The number of carbonyl (C=O) groups excluding carboxylic acids is 1. The first-order valence-corrected chi connectivity index (χ1v) is 7.90. The van der Waals surface area contributed by atoms with Crippen LogP contribution in [0.2, 0.25) is 0 Å². The Morgan fingerprint density at radius 1 is 1.27 bits per heavy atom. The Kier molecular flexibility index (Phi) is 7.82. The van der Waals surface area contributed by atoms with Crippen molar-refractivity contribution < 1.29 is 4.79 Å². The number of nitrogens with two attached hydrogens (primary N) is 2. The molecule has 1 amide bonds. The van der Waals surface area contributed by atoms with E-state index in [1.165, 1.54) is 0 Å². The molecule has 2 aromatic carbocycles. The van der Waals surface area contributed by atoms with Crippen molar-refractivity contribution in [3.63, 3.8) is 0 Å². The van der Waals surface area contributed by atoms with Gasteiger partial charge in [-0.1, -0.05) is 19.6 Å². The molecule has 1 aromatic heterocycles. The first-order chi connectivity index (χ1) is 11.6. The van der Waals surface area contributed by atoms with E-state index in [-0.39, 0.29) is 26.8 Å². The molecule has 7 heteroatoms. The van der Waals surface area contributed by atoms with Gasteiger partial charge in [-0.2, -0.15) is 18.6 Å². The second-order valence-corrected chi connectivity index (χ2v) is 5.84. The first kappa shape index (κ1) is 21.7. The van der Waals surface area contributed by atoms with Crippen molar-refractivity contribution in [3.8, 4) is 5.69 Å². The molecular weight excluding hydrogens is 346 g/mol. The molecule has 1 heterocycles. The van der Waals surface area contributed by atoms with E-state index in [0.717, 1.165) is 22.2 Å². The smallest absolute Gasteiger partial charge is 0.241 e. The highest BCUT2D eigenvalue weighted by Gasteiger charge is 2.13. The third kappa shape index (κ3) is 4.63. The Bertz CT molecular complexity index is 877. The van der Waals surface area contributed by atoms with Crippen molar-refractivity contribution in [2.24, 2.45) is 11.5 Å². The number of nitrogens with one attached hydrogen (secondary N) is 1. The number of hydrogen-bond acceptors (Lipinski definition) is 4. The van der Waals surface area contributed by atoms with E-state index in [2.05, 4.69) is 16.5 Å². The number of carbonyl (C=O) groups is 1. The molecule has 0 radical (unpaired) electrons. The maximum atomic E-state index is 12.1. The van der Waals surface area contributed by atoms with Gasteiger partial charge in [0.05, 0.1) is 23.4 Å². The van der Waals surface area contributed by atoms with Crippen molar-refractivity contribution >= 4 is 36.0 Å². The molecule has 26 heavy (non-hydrogen) atoms. The lowest BCUT2D eigenvalue weighted by molar-refractivity contribution is -0.117. The predicted molar refractivity (Wildman–Crippen MR) is 113 cm³/mol. The number of aryl methyl sites for hydroxylation is 1. The van der Waals surface area contributed by atoms with Crippen LogP contribution in [0.25, 0.3) is 16.6 Å².